The molecule has 0 fully saturated rings. The minimum atomic E-state index is -0.158. The molecule has 0 aromatic carbocycles. The van der Waals surface area contributed by atoms with Gasteiger partial charge < -0.3 is 10.3 Å². The summed E-state index contributed by atoms with van der Waals surface area (Å²) in [6, 6.07) is 0. The van der Waals surface area contributed by atoms with Crippen molar-refractivity contribution in [3.63, 3.8) is 0 Å². The Balaban J connectivity index is 2.44. The van der Waals surface area contributed by atoms with E-state index in [1.807, 2.05) is 0 Å². The van der Waals surface area contributed by atoms with E-state index in [2.05, 4.69) is 25.7 Å². The number of nitrogens with zero attached hydrogens (tertiary/aromatic N) is 2. The number of aromatic amines is 2. The zero-order valence-corrected chi connectivity index (χ0v) is 7.42. The van der Waals surface area contributed by atoms with Gasteiger partial charge in [0.1, 0.15) is 5.52 Å². The molecule has 2 aromatic heterocycles. The average Bonchev–Trinajstić information content (AvgIpc) is 2.67. The zero-order valence-electron chi connectivity index (χ0n) is 7.42. The molecule has 6 nitrogen and oxygen atoms in total. The maximum Gasteiger partial charge on any atom is 0.278 e. The fraction of sp³-hybridized carbons (Fsp3) is 0.375. The van der Waals surface area contributed by atoms with Gasteiger partial charge in [0.15, 0.2) is 5.52 Å². The van der Waals surface area contributed by atoms with Crippen LogP contribution in [0.3, 0.4) is 0 Å². The normalized spacial score (nSPS) is 15.7. The predicted octanol–water partition coefficient (Wildman–Crippen LogP) is -0.708. The Morgan fingerprint density at radius 1 is 1.21 bits per heavy atom. The van der Waals surface area contributed by atoms with Crippen LogP contribution in [-0.4, -0.2) is 26.9 Å². The number of pyridine rings is 1. The van der Waals surface area contributed by atoms with Gasteiger partial charge in [0, 0.05) is 30.8 Å². The largest absolute Gasteiger partial charge is 0.324 e. The Morgan fingerprint density at radius 3 is 3.00 bits per heavy atom. The zero-order chi connectivity index (χ0) is 9.54. The molecule has 0 bridgehead atoms. The summed E-state index contributed by atoms with van der Waals surface area (Å²) < 4.78 is 0. The molecular formula is C8H9N5O. The highest BCUT2D eigenvalue weighted by Crippen LogP contribution is 2.16. The van der Waals surface area contributed by atoms with Crippen LogP contribution in [0.15, 0.2) is 4.79 Å². The molecule has 1 aliphatic heterocycles. The molecule has 0 amide bonds. The van der Waals surface area contributed by atoms with Crippen molar-refractivity contribution in [2.75, 3.05) is 6.54 Å². The van der Waals surface area contributed by atoms with Crippen LogP contribution in [0.25, 0.3) is 11.0 Å². The van der Waals surface area contributed by atoms with Crippen LogP contribution in [-0.2, 0) is 13.0 Å². The Kier molecular flexibility index (Phi) is 1.45. The lowest BCUT2D eigenvalue weighted by Crippen LogP contribution is -2.27. The Morgan fingerprint density at radius 2 is 2.07 bits per heavy atom. The van der Waals surface area contributed by atoms with E-state index in [0.717, 1.165) is 30.8 Å². The first-order chi connectivity index (χ1) is 6.86. The van der Waals surface area contributed by atoms with Crippen molar-refractivity contribution >= 4 is 11.0 Å². The van der Waals surface area contributed by atoms with Gasteiger partial charge in [-0.1, -0.05) is 0 Å². The van der Waals surface area contributed by atoms with Gasteiger partial charge in [0.25, 0.3) is 5.56 Å². The van der Waals surface area contributed by atoms with E-state index in [0.29, 0.717) is 11.0 Å². The van der Waals surface area contributed by atoms with Crippen molar-refractivity contribution in [3.8, 4) is 0 Å². The smallest absolute Gasteiger partial charge is 0.278 e. The van der Waals surface area contributed by atoms with E-state index in [1.54, 1.807) is 0 Å². The molecule has 72 valence electrons. The third-order valence-corrected chi connectivity index (χ3v) is 2.53. The molecule has 0 spiro atoms. The van der Waals surface area contributed by atoms with Gasteiger partial charge in [-0.15, -0.1) is 0 Å². The molecule has 0 radical (unpaired) electrons. The first-order valence-electron chi connectivity index (χ1n) is 4.51. The molecule has 0 aliphatic carbocycles. The number of fused-ring (bicyclic) bond motifs is 3. The molecule has 0 saturated heterocycles. The molecule has 1 aliphatic rings. The lowest BCUT2D eigenvalue weighted by atomic mass is 10.1. The number of rotatable bonds is 0. The number of hydrogen-bond donors (Lipinski definition) is 3. The van der Waals surface area contributed by atoms with Crippen molar-refractivity contribution in [2.24, 2.45) is 0 Å². The van der Waals surface area contributed by atoms with Gasteiger partial charge in [-0.05, 0) is 0 Å². The standard InChI is InChI=1S/C8H9N5O/c14-8-7-6(11-13-12-7)4-3-9-2-1-5(4)10-8/h9H,1-3H2,(H,10,14)(H,11,12,13). The third-order valence-electron chi connectivity index (χ3n) is 2.53. The van der Waals surface area contributed by atoms with Gasteiger partial charge in [-0.3, -0.25) is 4.79 Å². The summed E-state index contributed by atoms with van der Waals surface area (Å²) in [6.07, 6.45) is 0.841. The average molecular weight is 191 g/mol. The Labute approximate surface area is 78.7 Å². The van der Waals surface area contributed by atoms with Crippen LogP contribution < -0.4 is 10.9 Å². The molecule has 3 heterocycles. The van der Waals surface area contributed by atoms with Crippen LogP contribution in [0.2, 0.25) is 0 Å². The van der Waals surface area contributed by atoms with E-state index in [4.69, 9.17) is 0 Å². The van der Waals surface area contributed by atoms with Gasteiger partial charge in [0.2, 0.25) is 0 Å². The first kappa shape index (κ1) is 7.69. The van der Waals surface area contributed by atoms with Gasteiger partial charge in [-0.2, -0.15) is 15.4 Å². The minimum absolute atomic E-state index is 0.158. The second kappa shape index (κ2) is 2.65. The molecule has 3 N–H and O–H groups in total. The van der Waals surface area contributed by atoms with Crippen molar-refractivity contribution in [2.45, 2.75) is 13.0 Å². The van der Waals surface area contributed by atoms with Crippen LogP contribution in [0.4, 0.5) is 0 Å². The number of aromatic nitrogens is 4. The quantitative estimate of drug-likeness (QED) is 0.513. The summed E-state index contributed by atoms with van der Waals surface area (Å²) in [5.74, 6) is 0. The third kappa shape index (κ3) is 0.912. The highest BCUT2D eigenvalue weighted by atomic mass is 16.1. The van der Waals surface area contributed by atoms with Crippen LogP contribution >= 0.6 is 0 Å². The fourth-order valence-corrected chi connectivity index (χ4v) is 1.84. The second-order valence-corrected chi connectivity index (χ2v) is 3.36. The highest BCUT2D eigenvalue weighted by molar-refractivity contribution is 5.77. The van der Waals surface area contributed by atoms with Gasteiger partial charge >= 0.3 is 0 Å². The van der Waals surface area contributed by atoms with E-state index in [1.165, 1.54) is 0 Å². The molecule has 0 saturated carbocycles. The van der Waals surface area contributed by atoms with E-state index in [-0.39, 0.29) is 5.56 Å². The fourth-order valence-electron chi connectivity index (χ4n) is 1.84. The minimum Gasteiger partial charge on any atom is -0.324 e. The van der Waals surface area contributed by atoms with Crippen LogP contribution in [0, 0.1) is 0 Å². The summed E-state index contributed by atoms with van der Waals surface area (Å²) in [5, 5.41) is 13.5. The number of nitrogens with one attached hydrogen (secondary N) is 3. The summed E-state index contributed by atoms with van der Waals surface area (Å²) in [5.41, 5.74) is 2.97. The number of H-pyrrole nitrogens is 2. The SMILES string of the molecule is O=c1[nH]c2c(c3n[nH]nc13)CNCC2. The number of hydrogen-bond acceptors (Lipinski definition) is 4. The lowest BCUT2D eigenvalue weighted by Gasteiger charge is -2.15. The van der Waals surface area contributed by atoms with Gasteiger partial charge in [0.05, 0.1) is 0 Å². The lowest BCUT2D eigenvalue weighted by molar-refractivity contribution is 0.632. The van der Waals surface area contributed by atoms with E-state index < -0.39 is 0 Å². The Hall–Kier alpha value is -1.69. The van der Waals surface area contributed by atoms with Crippen LogP contribution in [0.1, 0.15) is 11.3 Å². The topological polar surface area (TPSA) is 86.5 Å². The van der Waals surface area contributed by atoms with Crippen molar-refractivity contribution in [1.82, 2.24) is 25.7 Å². The summed E-state index contributed by atoms with van der Waals surface area (Å²) in [4.78, 5) is 14.4. The molecule has 0 unspecified atom stereocenters. The molecule has 6 heteroatoms. The maximum atomic E-state index is 11.5. The molecule has 3 rings (SSSR count). The molecular weight excluding hydrogens is 182 g/mol. The summed E-state index contributed by atoms with van der Waals surface area (Å²) >= 11 is 0. The maximum absolute atomic E-state index is 11.5. The predicted molar refractivity (Wildman–Crippen MR) is 49.9 cm³/mol. The highest BCUT2D eigenvalue weighted by Gasteiger charge is 2.16. The summed E-state index contributed by atoms with van der Waals surface area (Å²) in [7, 11) is 0. The monoisotopic (exact) mass is 191 g/mol. The first-order valence-corrected chi connectivity index (χ1v) is 4.51. The molecule has 14 heavy (non-hydrogen) atoms. The van der Waals surface area contributed by atoms with Crippen LogP contribution in [0.5, 0.6) is 0 Å². The van der Waals surface area contributed by atoms with Gasteiger partial charge in [-0.25, -0.2) is 0 Å². The Bertz CT molecular complexity index is 540. The summed E-state index contributed by atoms with van der Waals surface area (Å²) in [6.45, 7) is 1.64. The molecule has 2 aromatic rings. The van der Waals surface area contributed by atoms with E-state index in [9.17, 15) is 4.79 Å². The molecule has 0 atom stereocenters. The second-order valence-electron chi connectivity index (χ2n) is 3.36. The van der Waals surface area contributed by atoms with E-state index >= 15 is 0 Å². The van der Waals surface area contributed by atoms with Crippen molar-refractivity contribution < 1.29 is 0 Å². The van der Waals surface area contributed by atoms with Crippen molar-refractivity contribution in [3.05, 3.63) is 21.6 Å². The van der Waals surface area contributed by atoms with Crippen molar-refractivity contribution in [1.29, 1.82) is 0 Å².